The van der Waals surface area contributed by atoms with E-state index in [1.165, 1.54) is 12.1 Å². The molecule has 0 aliphatic heterocycles. The number of fused-ring (bicyclic) bond motifs is 1. The van der Waals surface area contributed by atoms with Gasteiger partial charge in [0.25, 0.3) is 20.2 Å². The molecule has 127 valence electrons. The summed E-state index contributed by atoms with van der Waals surface area (Å²) in [4.78, 5) is -0.904. The van der Waals surface area contributed by atoms with Crippen molar-refractivity contribution in [2.24, 2.45) is 0 Å². The van der Waals surface area contributed by atoms with Crippen LogP contribution in [0.15, 0.2) is 40.1 Å². The normalized spacial score (nSPS) is 10.5. The number of benzene rings is 2. The van der Waals surface area contributed by atoms with Crippen LogP contribution >= 0.6 is 0 Å². The molecule has 0 heterocycles. The molecule has 2 aromatic rings. The molecular formula is C10H15NNaO9S2. The molecule has 1 radical (unpaired) electrons. The van der Waals surface area contributed by atoms with Crippen molar-refractivity contribution in [3.05, 3.63) is 30.3 Å². The van der Waals surface area contributed by atoms with E-state index >= 15 is 0 Å². The largest absolute Gasteiger partial charge is 0.412 e. The molecule has 0 amide bonds. The van der Waals surface area contributed by atoms with Crippen LogP contribution in [-0.2, 0) is 20.2 Å². The van der Waals surface area contributed by atoms with Crippen molar-refractivity contribution in [1.29, 1.82) is 0 Å². The van der Waals surface area contributed by atoms with Crippen LogP contribution < -0.4 is 5.73 Å². The molecule has 0 saturated carbocycles. The first-order valence-corrected chi connectivity index (χ1v) is 7.75. The Labute approximate surface area is 154 Å². The van der Waals surface area contributed by atoms with Gasteiger partial charge in [-0.05, 0) is 35.0 Å². The van der Waals surface area contributed by atoms with Crippen LogP contribution in [0.3, 0.4) is 0 Å². The van der Waals surface area contributed by atoms with E-state index in [0.29, 0.717) is 5.39 Å². The minimum Gasteiger partial charge on any atom is -0.412 e. The zero-order chi connectivity index (χ0) is 14.4. The summed E-state index contributed by atoms with van der Waals surface area (Å²) in [5, 5.41) is 0.675. The molecule has 0 aromatic heterocycles. The molecule has 23 heavy (non-hydrogen) atoms. The fraction of sp³-hybridized carbons (Fsp3) is 0. The van der Waals surface area contributed by atoms with E-state index in [4.69, 9.17) is 14.8 Å². The predicted molar refractivity (Wildman–Crippen MR) is 84.6 cm³/mol. The zero-order valence-corrected chi connectivity index (χ0v) is 15.4. The molecule has 13 heteroatoms. The van der Waals surface area contributed by atoms with E-state index in [9.17, 15) is 16.8 Å². The van der Waals surface area contributed by atoms with Gasteiger partial charge in [0.15, 0.2) is 0 Å². The van der Waals surface area contributed by atoms with E-state index in [2.05, 4.69) is 0 Å². The monoisotopic (exact) mass is 380 g/mol. The predicted octanol–water partition coefficient (Wildman–Crippen LogP) is -1.94. The molecule has 0 fully saturated rings. The van der Waals surface area contributed by atoms with Crippen molar-refractivity contribution in [3.63, 3.8) is 0 Å². The Morgan fingerprint density at radius 3 is 1.74 bits per heavy atom. The van der Waals surface area contributed by atoms with Gasteiger partial charge in [-0.15, -0.1) is 0 Å². The maximum atomic E-state index is 11.1. The number of hydrogen-bond donors (Lipinski definition) is 3. The minimum atomic E-state index is -4.51. The van der Waals surface area contributed by atoms with Gasteiger partial charge < -0.3 is 22.2 Å². The molecule has 0 aliphatic carbocycles. The Kier molecular flexibility index (Phi) is 10.5. The number of nitrogen functional groups attached to an aromatic ring is 1. The maximum absolute atomic E-state index is 11.1. The molecule has 0 spiro atoms. The summed E-state index contributed by atoms with van der Waals surface area (Å²) in [7, 11) is -8.91. The molecular weight excluding hydrogens is 365 g/mol. The summed E-state index contributed by atoms with van der Waals surface area (Å²) in [6.45, 7) is 0. The standard InChI is InChI=1S/C10H9NO6S2.Na.3H2O/c11-9-4-6-1-2-8(18(12,13)14)3-7(6)5-10(9)19(15,16)17;;;;/h1-5H,11H2,(H,12,13,14)(H,15,16,17);;3*1H2. The molecule has 0 aliphatic rings. The van der Waals surface area contributed by atoms with Crippen LogP contribution in [0.4, 0.5) is 5.69 Å². The van der Waals surface area contributed by atoms with Gasteiger partial charge in [-0.2, -0.15) is 16.8 Å². The van der Waals surface area contributed by atoms with Crippen molar-refractivity contribution >= 4 is 66.3 Å². The second-order valence-electron chi connectivity index (χ2n) is 3.85. The Hall–Kier alpha value is -0.800. The third-order valence-corrected chi connectivity index (χ3v) is 4.28. The molecule has 0 saturated heterocycles. The average Bonchev–Trinajstić information content (AvgIpc) is 2.24. The molecule has 10 nitrogen and oxygen atoms in total. The van der Waals surface area contributed by atoms with Crippen molar-refractivity contribution < 1.29 is 42.4 Å². The van der Waals surface area contributed by atoms with Crippen molar-refractivity contribution in [3.8, 4) is 0 Å². The van der Waals surface area contributed by atoms with Gasteiger partial charge in [0.2, 0.25) is 0 Å². The maximum Gasteiger partial charge on any atom is 0.296 e. The van der Waals surface area contributed by atoms with Crippen LogP contribution in [0.25, 0.3) is 10.8 Å². The first kappa shape index (κ1) is 27.1. The van der Waals surface area contributed by atoms with Gasteiger partial charge in [-0.1, -0.05) is 6.07 Å². The second-order valence-corrected chi connectivity index (χ2v) is 6.66. The summed E-state index contributed by atoms with van der Waals surface area (Å²) in [6.07, 6.45) is 0. The SMILES string of the molecule is Nc1cc2ccc(S(=O)(=O)O)cc2cc1S(=O)(=O)O.O.O.O.[Na]. The van der Waals surface area contributed by atoms with E-state index in [1.54, 1.807) is 0 Å². The molecule has 0 atom stereocenters. The average molecular weight is 380 g/mol. The Balaban J connectivity index is -0.000001000. The van der Waals surface area contributed by atoms with Crippen LogP contribution in [0.5, 0.6) is 0 Å². The van der Waals surface area contributed by atoms with Crippen LogP contribution in [0.1, 0.15) is 0 Å². The number of anilines is 1. The topological polar surface area (TPSA) is 229 Å². The summed E-state index contributed by atoms with van der Waals surface area (Å²) >= 11 is 0. The van der Waals surface area contributed by atoms with E-state index in [0.717, 1.165) is 18.2 Å². The second kappa shape index (κ2) is 8.89. The van der Waals surface area contributed by atoms with Gasteiger partial charge in [-0.25, -0.2) is 0 Å². The fourth-order valence-corrected chi connectivity index (χ4v) is 2.80. The van der Waals surface area contributed by atoms with E-state index in [-0.39, 0.29) is 62.0 Å². The third-order valence-electron chi connectivity index (χ3n) is 2.52. The van der Waals surface area contributed by atoms with Crippen LogP contribution in [0, 0.1) is 0 Å². The molecule has 2 rings (SSSR count). The summed E-state index contributed by atoms with van der Waals surface area (Å²) in [6, 6.07) is 5.92. The summed E-state index contributed by atoms with van der Waals surface area (Å²) in [5.74, 6) is 0. The third kappa shape index (κ3) is 5.96. The Morgan fingerprint density at radius 2 is 1.30 bits per heavy atom. The first-order valence-electron chi connectivity index (χ1n) is 4.87. The fourth-order valence-electron chi connectivity index (χ4n) is 1.66. The van der Waals surface area contributed by atoms with Crippen LogP contribution in [-0.4, -0.2) is 71.9 Å². The first-order chi connectivity index (χ1) is 8.59. The van der Waals surface area contributed by atoms with Crippen molar-refractivity contribution in [1.82, 2.24) is 0 Å². The zero-order valence-electron chi connectivity index (χ0n) is 11.8. The van der Waals surface area contributed by atoms with E-state index < -0.39 is 25.1 Å². The quantitative estimate of drug-likeness (QED) is 0.303. The molecule has 2 aromatic carbocycles. The summed E-state index contributed by atoms with van der Waals surface area (Å²) < 4.78 is 62.0. The smallest absolute Gasteiger partial charge is 0.296 e. The molecule has 0 bridgehead atoms. The molecule has 0 unspecified atom stereocenters. The van der Waals surface area contributed by atoms with Gasteiger partial charge >= 0.3 is 0 Å². The Bertz CT molecular complexity index is 881. The molecule has 10 N–H and O–H groups in total. The van der Waals surface area contributed by atoms with Gasteiger partial charge in [0.05, 0.1) is 10.6 Å². The Morgan fingerprint density at radius 1 is 0.783 bits per heavy atom. The van der Waals surface area contributed by atoms with Crippen LogP contribution in [0.2, 0.25) is 0 Å². The van der Waals surface area contributed by atoms with Gasteiger partial charge in [-0.3, -0.25) is 9.11 Å². The minimum absolute atomic E-state index is 0. The van der Waals surface area contributed by atoms with Crippen molar-refractivity contribution in [2.75, 3.05) is 5.73 Å². The summed E-state index contributed by atoms with van der Waals surface area (Å²) in [5.41, 5.74) is 5.33. The van der Waals surface area contributed by atoms with Gasteiger partial charge in [0.1, 0.15) is 4.90 Å². The number of hydrogen-bond acceptors (Lipinski definition) is 5. The van der Waals surface area contributed by atoms with Crippen molar-refractivity contribution in [2.45, 2.75) is 9.79 Å². The van der Waals surface area contributed by atoms with E-state index in [1.807, 2.05) is 0 Å². The number of rotatable bonds is 2. The van der Waals surface area contributed by atoms with Gasteiger partial charge in [0, 0.05) is 29.6 Å². The number of nitrogens with two attached hydrogens (primary N) is 1.